The number of carbonyl (C=O) groups excluding carboxylic acids is 1. The molecule has 1 amide bonds. The average molecular weight is 311 g/mol. The van der Waals surface area contributed by atoms with Crippen LogP contribution in [-0.4, -0.2) is 37.6 Å². The topological polar surface area (TPSA) is 69.6 Å². The third kappa shape index (κ3) is 5.11. The van der Waals surface area contributed by atoms with Gasteiger partial charge in [-0.15, -0.1) is 0 Å². The van der Waals surface area contributed by atoms with Crippen LogP contribution in [0.15, 0.2) is 24.3 Å². The second kappa shape index (κ2) is 7.69. The Morgan fingerprint density at radius 3 is 2.71 bits per heavy atom. The van der Waals surface area contributed by atoms with Gasteiger partial charge in [0.05, 0.1) is 5.92 Å². The molecule has 2 N–H and O–H groups in total. The first-order valence-electron chi connectivity index (χ1n) is 6.48. The number of anilines is 1. The fourth-order valence-electron chi connectivity index (χ4n) is 2.01. The Morgan fingerprint density at radius 2 is 2.14 bits per heavy atom. The van der Waals surface area contributed by atoms with E-state index in [0.29, 0.717) is 17.1 Å². The van der Waals surface area contributed by atoms with Gasteiger partial charge in [-0.05, 0) is 29.8 Å². The summed E-state index contributed by atoms with van der Waals surface area (Å²) in [6.45, 7) is 2.34. The van der Waals surface area contributed by atoms with Gasteiger partial charge in [0, 0.05) is 37.4 Å². The molecule has 0 aliphatic heterocycles. The fraction of sp³-hybridized carbons (Fsp3) is 0.333. The zero-order valence-electron chi connectivity index (χ0n) is 12.3. The molecule has 0 saturated carbocycles. The highest BCUT2D eigenvalue weighted by atomic mass is 35.5. The smallest absolute Gasteiger partial charge is 0.328 e. The Hall–Kier alpha value is -2.01. The van der Waals surface area contributed by atoms with E-state index in [1.807, 2.05) is 18.9 Å². The van der Waals surface area contributed by atoms with Crippen LogP contribution >= 0.6 is 11.6 Å². The van der Waals surface area contributed by atoms with Crippen LogP contribution in [0.2, 0.25) is 5.02 Å². The van der Waals surface area contributed by atoms with Crippen LogP contribution in [0, 0.1) is 5.92 Å². The molecule has 5 nitrogen and oxygen atoms in total. The van der Waals surface area contributed by atoms with E-state index < -0.39 is 5.97 Å². The Labute approximate surface area is 129 Å². The van der Waals surface area contributed by atoms with Crippen LogP contribution in [0.25, 0.3) is 6.08 Å². The zero-order chi connectivity index (χ0) is 16.0. The molecule has 1 aromatic rings. The molecule has 0 aromatic heterocycles. The molecule has 0 spiro atoms. The summed E-state index contributed by atoms with van der Waals surface area (Å²) >= 11 is 5.95. The Morgan fingerprint density at radius 1 is 1.48 bits per heavy atom. The van der Waals surface area contributed by atoms with Gasteiger partial charge in [-0.25, -0.2) is 4.79 Å². The van der Waals surface area contributed by atoms with Crippen molar-refractivity contribution in [1.82, 2.24) is 5.32 Å². The van der Waals surface area contributed by atoms with Gasteiger partial charge in [0.2, 0.25) is 5.91 Å². The summed E-state index contributed by atoms with van der Waals surface area (Å²) in [5, 5.41) is 11.9. The number of rotatable bonds is 6. The van der Waals surface area contributed by atoms with Crippen molar-refractivity contribution in [1.29, 1.82) is 0 Å². The highest BCUT2D eigenvalue weighted by molar-refractivity contribution is 6.30. The van der Waals surface area contributed by atoms with E-state index in [1.54, 1.807) is 25.2 Å². The maximum atomic E-state index is 11.6. The number of hydrogen-bond donors (Lipinski definition) is 2. The molecule has 0 saturated heterocycles. The van der Waals surface area contributed by atoms with Crippen LogP contribution in [0.3, 0.4) is 0 Å². The van der Waals surface area contributed by atoms with Crippen molar-refractivity contribution in [2.45, 2.75) is 6.92 Å². The van der Waals surface area contributed by atoms with Crippen molar-refractivity contribution in [3.05, 3.63) is 34.9 Å². The van der Waals surface area contributed by atoms with Crippen LogP contribution in [0.5, 0.6) is 0 Å². The molecule has 1 unspecified atom stereocenters. The lowest BCUT2D eigenvalue weighted by Crippen LogP contribution is -2.34. The summed E-state index contributed by atoms with van der Waals surface area (Å²) in [5.41, 5.74) is 1.50. The molecule has 0 fully saturated rings. The molecule has 6 heteroatoms. The maximum Gasteiger partial charge on any atom is 0.328 e. The van der Waals surface area contributed by atoms with Gasteiger partial charge in [0.1, 0.15) is 0 Å². The number of carbonyl (C=O) groups is 2. The number of carboxylic acids is 1. The van der Waals surface area contributed by atoms with Crippen molar-refractivity contribution < 1.29 is 14.7 Å². The predicted octanol–water partition coefficient (Wildman–Crippen LogP) is 2.26. The minimum Gasteiger partial charge on any atom is -0.478 e. The molecule has 21 heavy (non-hydrogen) atoms. The third-order valence-corrected chi connectivity index (χ3v) is 3.28. The molecule has 114 valence electrons. The molecule has 0 aliphatic carbocycles. The lowest BCUT2D eigenvalue weighted by atomic mass is 10.1. The molecule has 0 radical (unpaired) electrons. The number of amides is 1. The fourth-order valence-corrected chi connectivity index (χ4v) is 2.19. The van der Waals surface area contributed by atoms with Gasteiger partial charge in [0.15, 0.2) is 0 Å². The van der Waals surface area contributed by atoms with E-state index in [4.69, 9.17) is 16.7 Å². The molecular formula is C15H19ClN2O3. The van der Waals surface area contributed by atoms with E-state index in [9.17, 15) is 9.59 Å². The minimum absolute atomic E-state index is 0.0431. The molecule has 1 rings (SSSR count). The first-order valence-corrected chi connectivity index (χ1v) is 6.86. The summed E-state index contributed by atoms with van der Waals surface area (Å²) < 4.78 is 0. The van der Waals surface area contributed by atoms with Gasteiger partial charge in [-0.2, -0.15) is 0 Å². The minimum atomic E-state index is -1.03. The summed E-state index contributed by atoms with van der Waals surface area (Å²) in [4.78, 5) is 24.1. The van der Waals surface area contributed by atoms with Gasteiger partial charge >= 0.3 is 5.97 Å². The van der Waals surface area contributed by atoms with E-state index in [2.05, 4.69) is 5.32 Å². The van der Waals surface area contributed by atoms with E-state index in [0.717, 1.165) is 11.8 Å². The van der Waals surface area contributed by atoms with Gasteiger partial charge < -0.3 is 15.3 Å². The van der Waals surface area contributed by atoms with Gasteiger partial charge in [-0.3, -0.25) is 4.79 Å². The van der Waals surface area contributed by atoms with Crippen molar-refractivity contribution in [3.63, 3.8) is 0 Å². The number of aliphatic carboxylic acids is 1. The number of carboxylic acid groups (broad SMARTS) is 1. The number of hydrogen-bond acceptors (Lipinski definition) is 3. The monoisotopic (exact) mass is 310 g/mol. The molecule has 0 aliphatic rings. The normalized spacial score (nSPS) is 12.2. The van der Waals surface area contributed by atoms with E-state index in [-0.39, 0.29) is 11.8 Å². The quantitative estimate of drug-likeness (QED) is 0.791. The molecule has 0 heterocycles. The number of nitrogens with one attached hydrogen (secondary N) is 1. The first kappa shape index (κ1) is 17.0. The van der Waals surface area contributed by atoms with Crippen LogP contribution in [-0.2, 0) is 9.59 Å². The second-order valence-corrected chi connectivity index (χ2v) is 5.21. The standard InChI is InChI=1S/C15H19ClN2O3/c1-10(15(21)17-2)9-18(3)13-6-5-12(16)8-11(13)4-7-14(19)20/h4-8,10H,9H2,1-3H3,(H,17,21)(H,19,20)/b7-4+. The Kier molecular flexibility index (Phi) is 6.24. The highest BCUT2D eigenvalue weighted by Crippen LogP contribution is 2.25. The highest BCUT2D eigenvalue weighted by Gasteiger charge is 2.15. The SMILES string of the molecule is CNC(=O)C(C)CN(C)c1ccc(Cl)cc1/C=C/C(=O)O. The number of benzene rings is 1. The van der Waals surface area contributed by atoms with E-state index in [1.165, 1.54) is 6.08 Å². The summed E-state index contributed by atoms with van der Waals surface area (Å²) in [7, 11) is 3.45. The van der Waals surface area contributed by atoms with Crippen molar-refractivity contribution in [2.24, 2.45) is 5.92 Å². The Bertz CT molecular complexity index is 558. The van der Waals surface area contributed by atoms with Gasteiger partial charge in [-0.1, -0.05) is 18.5 Å². The lowest BCUT2D eigenvalue weighted by molar-refractivity contribution is -0.131. The molecule has 1 aromatic carbocycles. The first-order chi connectivity index (χ1) is 9.85. The number of nitrogens with zero attached hydrogens (tertiary/aromatic N) is 1. The van der Waals surface area contributed by atoms with E-state index >= 15 is 0 Å². The van der Waals surface area contributed by atoms with Gasteiger partial charge in [0.25, 0.3) is 0 Å². The lowest BCUT2D eigenvalue weighted by Gasteiger charge is -2.24. The summed E-state index contributed by atoms with van der Waals surface area (Å²) in [6, 6.07) is 5.23. The van der Waals surface area contributed by atoms with Crippen LogP contribution in [0.1, 0.15) is 12.5 Å². The summed E-state index contributed by atoms with van der Waals surface area (Å²) in [5.74, 6) is -1.26. The zero-order valence-corrected chi connectivity index (χ0v) is 13.0. The van der Waals surface area contributed by atoms with Crippen molar-refractivity contribution >= 4 is 35.2 Å². The average Bonchev–Trinajstić information content (AvgIpc) is 2.43. The molecule has 1 atom stereocenters. The molecule has 0 bridgehead atoms. The predicted molar refractivity (Wildman–Crippen MR) is 84.6 cm³/mol. The largest absolute Gasteiger partial charge is 0.478 e. The number of halogens is 1. The summed E-state index contributed by atoms with van der Waals surface area (Å²) in [6.07, 6.45) is 2.55. The van der Waals surface area contributed by atoms with Crippen LogP contribution < -0.4 is 10.2 Å². The van der Waals surface area contributed by atoms with Crippen molar-refractivity contribution in [2.75, 3.05) is 25.5 Å². The van der Waals surface area contributed by atoms with Crippen molar-refractivity contribution in [3.8, 4) is 0 Å². The second-order valence-electron chi connectivity index (χ2n) is 4.77. The maximum absolute atomic E-state index is 11.6. The third-order valence-electron chi connectivity index (χ3n) is 3.05. The Balaban J connectivity index is 3.00. The van der Waals surface area contributed by atoms with Crippen LogP contribution in [0.4, 0.5) is 5.69 Å². The molecular weight excluding hydrogens is 292 g/mol.